The van der Waals surface area contributed by atoms with Crippen molar-refractivity contribution in [2.24, 2.45) is 0 Å². The van der Waals surface area contributed by atoms with Crippen LogP contribution in [0.1, 0.15) is 34.1 Å². The average Bonchev–Trinajstić information content (AvgIpc) is 2.75. The number of Topliss-reactive ketones (excluding diaryl/α,β-unsaturated/α-hetero) is 1. The Bertz CT molecular complexity index is 901. The first-order valence-electron chi connectivity index (χ1n) is 9.33. The van der Waals surface area contributed by atoms with E-state index in [1.807, 2.05) is 6.26 Å². The monoisotopic (exact) mass is 428 g/mol. The largest absolute Gasteiger partial charge is 0.454 e. The molecule has 0 heterocycles. The summed E-state index contributed by atoms with van der Waals surface area (Å²) in [6.07, 6.45) is 2.26. The van der Waals surface area contributed by atoms with E-state index in [0.717, 1.165) is 0 Å². The van der Waals surface area contributed by atoms with Gasteiger partial charge in [0.05, 0.1) is 5.69 Å². The third-order valence-electron chi connectivity index (χ3n) is 4.16. The molecule has 1 unspecified atom stereocenters. The van der Waals surface area contributed by atoms with E-state index in [2.05, 4.69) is 10.6 Å². The van der Waals surface area contributed by atoms with Crippen LogP contribution >= 0.6 is 11.8 Å². The minimum atomic E-state index is -0.873. The molecule has 0 bridgehead atoms. The van der Waals surface area contributed by atoms with E-state index in [9.17, 15) is 19.2 Å². The van der Waals surface area contributed by atoms with Gasteiger partial charge in [0.2, 0.25) is 0 Å². The van der Waals surface area contributed by atoms with E-state index in [1.165, 1.54) is 18.7 Å². The molecular formula is C22H24N2O5S. The van der Waals surface area contributed by atoms with Crippen molar-refractivity contribution in [1.29, 1.82) is 0 Å². The second-order valence-corrected chi connectivity index (χ2v) is 7.42. The molecule has 0 fully saturated rings. The van der Waals surface area contributed by atoms with Crippen LogP contribution < -0.4 is 10.6 Å². The van der Waals surface area contributed by atoms with Crippen molar-refractivity contribution < 1.29 is 23.9 Å². The van der Waals surface area contributed by atoms with Gasteiger partial charge in [-0.2, -0.15) is 11.8 Å². The molecule has 0 spiro atoms. The third-order valence-corrected chi connectivity index (χ3v) is 4.81. The number of carbonyl (C=O) groups is 4. The number of hydrogen-bond donors (Lipinski definition) is 2. The maximum atomic E-state index is 12.5. The highest BCUT2D eigenvalue weighted by Gasteiger charge is 2.23. The molecule has 0 aliphatic rings. The summed E-state index contributed by atoms with van der Waals surface area (Å²) in [6, 6.07) is 14.2. The van der Waals surface area contributed by atoms with Crippen LogP contribution in [0.15, 0.2) is 54.6 Å². The van der Waals surface area contributed by atoms with E-state index >= 15 is 0 Å². The smallest absolute Gasteiger partial charge is 0.329 e. The summed E-state index contributed by atoms with van der Waals surface area (Å²) in [7, 11) is 0. The van der Waals surface area contributed by atoms with Gasteiger partial charge in [-0.25, -0.2) is 4.79 Å². The van der Waals surface area contributed by atoms with E-state index in [-0.39, 0.29) is 5.78 Å². The average molecular weight is 429 g/mol. The Kier molecular flexibility index (Phi) is 9.08. The van der Waals surface area contributed by atoms with Gasteiger partial charge in [-0.1, -0.05) is 30.3 Å². The van der Waals surface area contributed by atoms with Crippen LogP contribution in [0.25, 0.3) is 0 Å². The predicted octanol–water partition coefficient (Wildman–Crippen LogP) is 2.92. The highest BCUT2D eigenvalue weighted by atomic mass is 32.2. The van der Waals surface area contributed by atoms with Crippen LogP contribution in [0.4, 0.5) is 5.69 Å². The van der Waals surface area contributed by atoms with Crippen molar-refractivity contribution in [3.8, 4) is 0 Å². The summed E-state index contributed by atoms with van der Waals surface area (Å²) < 4.78 is 5.11. The molecule has 7 nitrogen and oxygen atoms in total. The number of anilines is 1. The zero-order valence-electron chi connectivity index (χ0n) is 16.8. The molecular weight excluding hydrogens is 404 g/mol. The van der Waals surface area contributed by atoms with Crippen LogP contribution in [0.3, 0.4) is 0 Å². The standard InChI is InChI=1S/C22H24N2O5S/c1-15(25)17-10-6-7-11-18(17)23-20(26)14-29-22(28)19(12-13-30-2)24-21(27)16-8-4-3-5-9-16/h3-11,19H,12-14H2,1-2H3,(H,23,26)(H,24,27). The first-order chi connectivity index (χ1) is 14.4. The van der Waals surface area contributed by atoms with E-state index < -0.39 is 30.4 Å². The second kappa shape index (κ2) is 11.8. The van der Waals surface area contributed by atoms with Crippen LogP contribution in [-0.4, -0.2) is 48.2 Å². The van der Waals surface area contributed by atoms with Gasteiger partial charge in [-0.05, 0) is 49.6 Å². The molecule has 2 amide bonds. The van der Waals surface area contributed by atoms with Gasteiger partial charge in [-0.3, -0.25) is 14.4 Å². The Hall–Kier alpha value is -3.13. The summed E-state index contributed by atoms with van der Waals surface area (Å²) in [5.41, 5.74) is 1.14. The van der Waals surface area contributed by atoms with Crippen LogP contribution in [0.5, 0.6) is 0 Å². The Morgan fingerprint density at radius 1 is 1.00 bits per heavy atom. The summed E-state index contributed by atoms with van der Waals surface area (Å²) >= 11 is 1.53. The minimum Gasteiger partial charge on any atom is -0.454 e. The quantitative estimate of drug-likeness (QED) is 0.446. The van der Waals surface area contributed by atoms with Crippen molar-refractivity contribution in [1.82, 2.24) is 5.32 Å². The van der Waals surface area contributed by atoms with Gasteiger partial charge in [-0.15, -0.1) is 0 Å². The van der Waals surface area contributed by atoms with Gasteiger partial charge in [0.15, 0.2) is 12.4 Å². The summed E-state index contributed by atoms with van der Waals surface area (Å²) in [6.45, 7) is 0.874. The molecule has 0 aliphatic carbocycles. The number of hydrogen-bond acceptors (Lipinski definition) is 6. The Balaban J connectivity index is 1.95. The van der Waals surface area contributed by atoms with Gasteiger partial charge < -0.3 is 15.4 Å². The topological polar surface area (TPSA) is 102 Å². The summed E-state index contributed by atoms with van der Waals surface area (Å²) in [5, 5.41) is 5.23. The van der Waals surface area contributed by atoms with Crippen LogP contribution in [0.2, 0.25) is 0 Å². The number of rotatable bonds is 10. The number of nitrogens with one attached hydrogen (secondary N) is 2. The first-order valence-corrected chi connectivity index (χ1v) is 10.7. The second-order valence-electron chi connectivity index (χ2n) is 6.43. The van der Waals surface area contributed by atoms with Crippen molar-refractivity contribution in [2.45, 2.75) is 19.4 Å². The lowest BCUT2D eigenvalue weighted by molar-refractivity contribution is -0.149. The Labute approximate surface area is 179 Å². The molecule has 1 atom stereocenters. The lowest BCUT2D eigenvalue weighted by Crippen LogP contribution is -2.43. The Morgan fingerprint density at radius 3 is 2.33 bits per heavy atom. The normalized spacial score (nSPS) is 11.3. The maximum Gasteiger partial charge on any atom is 0.329 e. The number of esters is 1. The van der Waals surface area contributed by atoms with E-state index in [1.54, 1.807) is 54.6 Å². The van der Waals surface area contributed by atoms with Crippen molar-refractivity contribution >= 4 is 41.0 Å². The van der Waals surface area contributed by atoms with E-state index in [0.29, 0.717) is 29.0 Å². The molecule has 2 aromatic carbocycles. The Morgan fingerprint density at radius 2 is 1.67 bits per heavy atom. The SMILES string of the molecule is CSCCC(NC(=O)c1ccccc1)C(=O)OCC(=O)Nc1ccccc1C(C)=O. The fourth-order valence-electron chi connectivity index (χ4n) is 2.64. The highest BCUT2D eigenvalue weighted by molar-refractivity contribution is 7.98. The van der Waals surface area contributed by atoms with Gasteiger partial charge >= 0.3 is 5.97 Å². The predicted molar refractivity (Wildman–Crippen MR) is 117 cm³/mol. The van der Waals surface area contributed by atoms with Gasteiger partial charge in [0.1, 0.15) is 6.04 Å². The molecule has 0 radical (unpaired) electrons. The molecule has 0 aromatic heterocycles. The first kappa shape index (κ1) is 23.2. The lowest BCUT2D eigenvalue weighted by atomic mass is 10.1. The number of thioether (sulfide) groups is 1. The highest BCUT2D eigenvalue weighted by Crippen LogP contribution is 2.15. The minimum absolute atomic E-state index is 0.191. The maximum absolute atomic E-state index is 12.5. The van der Waals surface area contributed by atoms with E-state index in [4.69, 9.17) is 4.74 Å². The van der Waals surface area contributed by atoms with Crippen LogP contribution in [0, 0.1) is 0 Å². The molecule has 0 aliphatic heterocycles. The lowest BCUT2D eigenvalue weighted by Gasteiger charge is -2.17. The molecule has 2 N–H and O–H groups in total. The molecule has 8 heteroatoms. The van der Waals surface area contributed by atoms with Crippen molar-refractivity contribution in [2.75, 3.05) is 23.9 Å². The molecule has 2 aromatic rings. The van der Waals surface area contributed by atoms with Crippen LogP contribution in [-0.2, 0) is 14.3 Å². The number of para-hydroxylation sites is 1. The summed E-state index contributed by atoms with van der Waals surface area (Å²) in [4.78, 5) is 48.7. The third kappa shape index (κ3) is 7.04. The number of amides is 2. The molecule has 2 rings (SSSR count). The fourth-order valence-corrected chi connectivity index (χ4v) is 3.11. The van der Waals surface area contributed by atoms with Crippen molar-refractivity contribution in [3.05, 3.63) is 65.7 Å². The molecule has 0 saturated carbocycles. The zero-order valence-corrected chi connectivity index (χ0v) is 17.7. The van der Waals surface area contributed by atoms with Gasteiger partial charge in [0, 0.05) is 11.1 Å². The summed E-state index contributed by atoms with van der Waals surface area (Å²) in [5.74, 6) is -1.21. The zero-order chi connectivity index (χ0) is 21.9. The molecule has 158 valence electrons. The molecule has 30 heavy (non-hydrogen) atoms. The number of ketones is 1. The van der Waals surface area contributed by atoms with Gasteiger partial charge in [0.25, 0.3) is 11.8 Å². The fraction of sp³-hybridized carbons (Fsp3) is 0.273. The number of benzene rings is 2. The number of carbonyl (C=O) groups excluding carboxylic acids is 4. The molecule has 0 saturated heterocycles. The van der Waals surface area contributed by atoms with Crippen molar-refractivity contribution in [3.63, 3.8) is 0 Å². The number of ether oxygens (including phenoxy) is 1.